The highest BCUT2D eigenvalue weighted by Gasteiger charge is 2.35. The molecule has 143 valence electrons. The van der Waals surface area contributed by atoms with Crippen LogP contribution in [0.4, 0.5) is 5.69 Å². The van der Waals surface area contributed by atoms with Crippen LogP contribution < -0.4 is 4.90 Å². The number of carbonyl (C=O) groups excluding carboxylic acids is 1. The number of thiophene rings is 1. The van der Waals surface area contributed by atoms with Gasteiger partial charge in [0.2, 0.25) is 6.29 Å². The molecule has 1 aromatic heterocycles. The van der Waals surface area contributed by atoms with E-state index in [4.69, 9.17) is 4.84 Å². The van der Waals surface area contributed by atoms with Gasteiger partial charge in [0.05, 0.1) is 20.2 Å². The molecule has 0 spiro atoms. The molecule has 0 saturated carbocycles. The minimum atomic E-state index is 0.591. The van der Waals surface area contributed by atoms with Gasteiger partial charge >= 0.3 is 0 Å². The van der Waals surface area contributed by atoms with E-state index in [0.717, 1.165) is 38.4 Å². The summed E-state index contributed by atoms with van der Waals surface area (Å²) in [5.41, 5.74) is 4.36. The Morgan fingerprint density at radius 2 is 1.79 bits per heavy atom. The maximum absolute atomic E-state index is 10.7. The molecule has 4 nitrogen and oxygen atoms in total. The molecule has 0 atom stereocenters. The van der Waals surface area contributed by atoms with E-state index in [0.29, 0.717) is 10.2 Å². The molecule has 0 N–H and O–H groups in total. The molecule has 1 aliphatic rings. The largest absolute Gasteiger partial charge is 0.360 e. The molecule has 0 bridgehead atoms. The Morgan fingerprint density at radius 1 is 1.04 bits per heavy atom. The topological polar surface area (TPSA) is 29.5 Å². The summed E-state index contributed by atoms with van der Waals surface area (Å²) in [5, 5.41) is 2.12. The van der Waals surface area contributed by atoms with Crippen LogP contribution in [0.15, 0.2) is 66.0 Å². The van der Waals surface area contributed by atoms with Crippen molar-refractivity contribution in [3.8, 4) is 10.4 Å². The normalized spacial score (nSPS) is 16.1. The average Bonchev–Trinajstić information content (AvgIpc) is 3.29. The Bertz CT molecular complexity index is 914. The van der Waals surface area contributed by atoms with Crippen molar-refractivity contribution in [2.45, 2.75) is 6.54 Å². The van der Waals surface area contributed by atoms with Crippen molar-refractivity contribution in [2.24, 2.45) is 0 Å². The van der Waals surface area contributed by atoms with Crippen molar-refractivity contribution in [1.29, 1.82) is 0 Å². The molecule has 1 saturated heterocycles. The molecule has 1 radical (unpaired) electrons. The van der Waals surface area contributed by atoms with Gasteiger partial charge in [0, 0.05) is 27.3 Å². The SMILES string of the molecule is CO[N+]1(Cc2ccccc2-c2cccs2)CCN(c2ccc([C]=O)cc2)CC1. The third kappa shape index (κ3) is 3.87. The second-order valence-corrected chi connectivity index (χ2v) is 8.06. The van der Waals surface area contributed by atoms with Crippen molar-refractivity contribution in [3.63, 3.8) is 0 Å². The van der Waals surface area contributed by atoms with Gasteiger partial charge in [-0.25, -0.2) is 4.84 Å². The monoisotopic (exact) mass is 392 g/mol. The Kier molecular flexibility index (Phi) is 5.57. The molecule has 28 heavy (non-hydrogen) atoms. The summed E-state index contributed by atoms with van der Waals surface area (Å²) in [5.74, 6) is 0. The summed E-state index contributed by atoms with van der Waals surface area (Å²) in [4.78, 5) is 20.4. The molecule has 4 rings (SSSR count). The first-order valence-corrected chi connectivity index (χ1v) is 10.4. The molecule has 3 aromatic rings. The number of quaternary nitrogens is 1. The lowest BCUT2D eigenvalue weighted by molar-refractivity contribution is -1.11. The summed E-state index contributed by atoms with van der Waals surface area (Å²) in [6, 6.07) is 20.6. The van der Waals surface area contributed by atoms with Crippen LogP contribution in [0.5, 0.6) is 0 Å². The Hall–Kier alpha value is -2.47. The van der Waals surface area contributed by atoms with Gasteiger partial charge in [0.25, 0.3) is 0 Å². The van der Waals surface area contributed by atoms with E-state index in [1.54, 1.807) is 11.3 Å². The summed E-state index contributed by atoms with van der Waals surface area (Å²) in [7, 11) is 1.82. The summed E-state index contributed by atoms with van der Waals surface area (Å²) < 4.78 is 0.624. The number of rotatable bonds is 6. The lowest BCUT2D eigenvalue weighted by Gasteiger charge is -2.42. The second-order valence-electron chi connectivity index (χ2n) is 7.12. The fourth-order valence-corrected chi connectivity index (χ4v) is 4.66. The van der Waals surface area contributed by atoms with E-state index in [2.05, 4.69) is 46.7 Å². The van der Waals surface area contributed by atoms with Gasteiger partial charge in [0.1, 0.15) is 19.6 Å². The average molecular weight is 393 g/mol. The van der Waals surface area contributed by atoms with Gasteiger partial charge in [-0.05, 0) is 35.7 Å². The van der Waals surface area contributed by atoms with Gasteiger partial charge in [-0.2, -0.15) is 4.65 Å². The van der Waals surface area contributed by atoms with Crippen molar-refractivity contribution in [2.75, 3.05) is 38.2 Å². The fraction of sp³-hybridized carbons (Fsp3) is 0.261. The lowest BCUT2D eigenvalue weighted by Crippen LogP contribution is -2.58. The summed E-state index contributed by atoms with van der Waals surface area (Å²) in [6.45, 7) is 4.52. The predicted octanol–water partition coefficient (Wildman–Crippen LogP) is 4.27. The molecule has 0 amide bonds. The minimum absolute atomic E-state index is 0.591. The smallest absolute Gasteiger partial charge is 0.233 e. The maximum atomic E-state index is 10.7. The van der Waals surface area contributed by atoms with E-state index in [1.165, 1.54) is 16.0 Å². The highest BCUT2D eigenvalue weighted by atomic mass is 32.1. The molecule has 1 aliphatic heterocycles. The van der Waals surface area contributed by atoms with E-state index in [-0.39, 0.29) is 0 Å². The standard InChI is InChI=1S/C23H24N2O2S/c1-27-25(17-20-5-2-3-6-22(20)23-7-4-16-28-23)14-12-24(13-15-25)21-10-8-19(18-26)9-11-21/h2-11,16H,12-15,17H2,1H3/q+1. The van der Waals surface area contributed by atoms with E-state index >= 15 is 0 Å². The van der Waals surface area contributed by atoms with Crippen molar-refractivity contribution < 1.29 is 14.3 Å². The van der Waals surface area contributed by atoms with Crippen LogP contribution in [0.25, 0.3) is 10.4 Å². The van der Waals surface area contributed by atoms with Gasteiger partial charge < -0.3 is 4.90 Å². The number of piperazine rings is 1. The van der Waals surface area contributed by atoms with Crippen LogP contribution in [-0.2, 0) is 16.2 Å². The van der Waals surface area contributed by atoms with Crippen molar-refractivity contribution in [1.82, 2.24) is 0 Å². The quantitative estimate of drug-likeness (QED) is 0.587. The molecule has 0 unspecified atom stereocenters. The number of hydroxylamine groups is 3. The van der Waals surface area contributed by atoms with Crippen LogP contribution in [-0.4, -0.2) is 44.2 Å². The second kappa shape index (κ2) is 8.27. The van der Waals surface area contributed by atoms with Crippen LogP contribution in [0.3, 0.4) is 0 Å². The molecular formula is C23H24N2O2S+. The lowest BCUT2D eigenvalue weighted by atomic mass is 10.0. The molecule has 2 heterocycles. The van der Waals surface area contributed by atoms with Crippen LogP contribution in [0.2, 0.25) is 0 Å². The number of hydrogen-bond acceptors (Lipinski definition) is 4. The molecule has 1 fully saturated rings. The molecule has 0 aliphatic carbocycles. The first-order chi connectivity index (χ1) is 13.7. The number of nitrogens with zero attached hydrogens (tertiary/aromatic N) is 2. The Labute approximate surface area is 170 Å². The van der Waals surface area contributed by atoms with Crippen molar-refractivity contribution in [3.05, 3.63) is 77.2 Å². The zero-order valence-electron chi connectivity index (χ0n) is 16.0. The van der Waals surface area contributed by atoms with Crippen LogP contribution in [0, 0.1) is 0 Å². The molecule has 2 aromatic carbocycles. The number of anilines is 1. The van der Waals surface area contributed by atoms with Gasteiger partial charge in [-0.3, -0.25) is 4.79 Å². The van der Waals surface area contributed by atoms with E-state index in [9.17, 15) is 4.79 Å². The first kappa shape index (κ1) is 18.9. The van der Waals surface area contributed by atoms with E-state index in [1.807, 2.05) is 37.7 Å². The molecule has 5 heteroatoms. The third-order valence-electron chi connectivity index (χ3n) is 5.55. The van der Waals surface area contributed by atoms with Gasteiger partial charge in [-0.15, -0.1) is 11.3 Å². The van der Waals surface area contributed by atoms with Crippen LogP contribution in [0.1, 0.15) is 11.1 Å². The van der Waals surface area contributed by atoms with Crippen molar-refractivity contribution >= 4 is 23.3 Å². The van der Waals surface area contributed by atoms with Crippen LogP contribution >= 0.6 is 11.3 Å². The highest BCUT2D eigenvalue weighted by molar-refractivity contribution is 7.13. The summed E-state index contributed by atoms with van der Waals surface area (Å²) >= 11 is 1.78. The fourth-order valence-electron chi connectivity index (χ4n) is 3.87. The first-order valence-electron chi connectivity index (χ1n) is 9.50. The number of benzene rings is 2. The Morgan fingerprint density at radius 3 is 2.43 bits per heavy atom. The summed E-state index contributed by atoms with van der Waals surface area (Å²) in [6.07, 6.45) is 1.93. The zero-order chi connectivity index (χ0) is 19.4. The zero-order valence-corrected chi connectivity index (χ0v) is 16.8. The molecular weight excluding hydrogens is 368 g/mol. The number of hydrogen-bond donors (Lipinski definition) is 0. The highest BCUT2D eigenvalue weighted by Crippen LogP contribution is 2.31. The van der Waals surface area contributed by atoms with Gasteiger partial charge in [0.15, 0.2) is 0 Å². The Balaban J connectivity index is 1.50. The van der Waals surface area contributed by atoms with E-state index < -0.39 is 0 Å². The predicted molar refractivity (Wildman–Crippen MR) is 114 cm³/mol. The van der Waals surface area contributed by atoms with Gasteiger partial charge in [-0.1, -0.05) is 30.3 Å². The third-order valence-corrected chi connectivity index (χ3v) is 6.46. The maximum Gasteiger partial charge on any atom is 0.233 e. The minimum Gasteiger partial charge on any atom is -0.360 e.